The fraction of sp³-hybridized carbons (Fsp3) is 0.692. The number of aryl methyl sites for hydroxylation is 1. The summed E-state index contributed by atoms with van der Waals surface area (Å²) in [6.45, 7) is 2.88. The van der Waals surface area contributed by atoms with E-state index in [2.05, 4.69) is 12.0 Å². The lowest BCUT2D eigenvalue weighted by Crippen LogP contribution is -2.41. The second-order valence-electron chi connectivity index (χ2n) is 4.78. The molecule has 1 heterocycles. The van der Waals surface area contributed by atoms with Crippen LogP contribution >= 0.6 is 0 Å². The van der Waals surface area contributed by atoms with Crippen LogP contribution in [0, 0.1) is 0 Å². The maximum atomic E-state index is 12.2. The quantitative estimate of drug-likeness (QED) is 0.712. The zero-order valence-corrected chi connectivity index (χ0v) is 10.6. The van der Waals surface area contributed by atoms with Crippen molar-refractivity contribution in [1.82, 2.24) is 9.78 Å². The molecule has 0 N–H and O–H groups in total. The van der Waals surface area contributed by atoms with Gasteiger partial charge in [0.2, 0.25) is 0 Å². The Kier molecular flexibility index (Phi) is 3.62. The van der Waals surface area contributed by atoms with Crippen molar-refractivity contribution in [2.45, 2.75) is 51.2 Å². The largest absolute Gasteiger partial charge is 0.378 e. The predicted molar refractivity (Wildman–Crippen MR) is 65.1 cm³/mol. The van der Waals surface area contributed by atoms with Crippen LogP contribution in [0.2, 0.25) is 0 Å². The molecule has 1 aliphatic carbocycles. The van der Waals surface area contributed by atoms with E-state index in [0.29, 0.717) is 6.42 Å². The summed E-state index contributed by atoms with van der Waals surface area (Å²) in [7, 11) is 1.70. The normalized spacial score (nSPS) is 17.8. The van der Waals surface area contributed by atoms with Gasteiger partial charge in [-0.3, -0.25) is 9.48 Å². The average molecular weight is 236 g/mol. The van der Waals surface area contributed by atoms with E-state index in [1.54, 1.807) is 24.1 Å². The molecule has 94 valence electrons. The summed E-state index contributed by atoms with van der Waals surface area (Å²) in [5.74, 6) is 0.150. The van der Waals surface area contributed by atoms with Crippen molar-refractivity contribution in [2.24, 2.45) is 0 Å². The Morgan fingerprint density at radius 3 is 2.88 bits per heavy atom. The molecule has 17 heavy (non-hydrogen) atoms. The number of aromatic nitrogens is 2. The Balaban J connectivity index is 2.06. The number of hydrogen-bond acceptors (Lipinski definition) is 3. The Hall–Kier alpha value is -1.16. The van der Waals surface area contributed by atoms with Crippen LogP contribution in [-0.4, -0.2) is 28.3 Å². The van der Waals surface area contributed by atoms with Gasteiger partial charge in [-0.15, -0.1) is 0 Å². The number of rotatable bonds is 6. The van der Waals surface area contributed by atoms with Crippen LogP contribution in [0.3, 0.4) is 0 Å². The molecule has 1 saturated carbocycles. The monoisotopic (exact) mass is 236 g/mol. The minimum absolute atomic E-state index is 0.150. The van der Waals surface area contributed by atoms with Crippen LogP contribution in [0.4, 0.5) is 0 Å². The highest BCUT2D eigenvalue weighted by Gasteiger charge is 2.39. The molecule has 0 radical (unpaired) electrons. The molecule has 0 spiro atoms. The first-order chi connectivity index (χ1) is 8.21. The van der Waals surface area contributed by atoms with Crippen molar-refractivity contribution in [3.05, 3.63) is 18.0 Å². The lowest BCUT2D eigenvalue weighted by Gasteiger charge is -2.39. The summed E-state index contributed by atoms with van der Waals surface area (Å²) in [6, 6.07) is 1.81. The van der Waals surface area contributed by atoms with Gasteiger partial charge in [-0.2, -0.15) is 5.10 Å². The summed E-state index contributed by atoms with van der Waals surface area (Å²) in [4.78, 5) is 12.2. The number of carbonyl (C=O) groups excluding carboxylic acids is 1. The molecule has 1 aromatic heterocycles. The number of ether oxygens (including phenoxy) is 1. The first-order valence-electron chi connectivity index (χ1n) is 6.31. The van der Waals surface area contributed by atoms with Crippen LogP contribution < -0.4 is 0 Å². The number of methoxy groups -OCH3 is 1. The molecule has 2 rings (SSSR count). The second kappa shape index (κ2) is 5.00. The van der Waals surface area contributed by atoms with Crippen molar-refractivity contribution in [2.75, 3.05) is 7.11 Å². The summed E-state index contributed by atoms with van der Waals surface area (Å²) in [5.41, 5.74) is 0.522. The maximum Gasteiger partial charge on any atom is 0.183 e. The highest BCUT2D eigenvalue weighted by molar-refractivity contribution is 5.95. The van der Waals surface area contributed by atoms with Crippen LogP contribution in [0.1, 0.15) is 49.5 Å². The summed E-state index contributed by atoms with van der Waals surface area (Å²) in [5, 5.41) is 4.18. The van der Waals surface area contributed by atoms with Gasteiger partial charge < -0.3 is 4.74 Å². The first kappa shape index (κ1) is 12.3. The van der Waals surface area contributed by atoms with Gasteiger partial charge in [0, 0.05) is 26.3 Å². The Morgan fingerprint density at radius 2 is 2.35 bits per heavy atom. The molecule has 0 bridgehead atoms. The smallest absolute Gasteiger partial charge is 0.183 e. The minimum atomic E-state index is -0.196. The van der Waals surface area contributed by atoms with Gasteiger partial charge in [-0.25, -0.2) is 0 Å². The maximum absolute atomic E-state index is 12.2. The lowest BCUT2D eigenvalue weighted by atomic mass is 9.76. The standard InChI is InChI=1S/C13H20N2O2/c1-3-9-15-11(5-8-14-15)12(16)10-13(17-2)6-4-7-13/h5,8H,3-4,6-7,9-10H2,1-2H3. The number of Topliss-reactive ketones (excluding diaryl/α,β-unsaturated/α-hetero) is 1. The van der Waals surface area contributed by atoms with Crippen molar-refractivity contribution < 1.29 is 9.53 Å². The zero-order valence-electron chi connectivity index (χ0n) is 10.6. The third-order valence-corrected chi connectivity index (χ3v) is 3.62. The fourth-order valence-corrected chi connectivity index (χ4v) is 2.37. The molecular weight excluding hydrogens is 216 g/mol. The molecule has 0 unspecified atom stereocenters. The molecular formula is C13H20N2O2. The lowest BCUT2D eigenvalue weighted by molar-refractivity contribution is -0.0706. The molecule has 0 aromatic carbocycles. The molecule has 0 amide bonds. The number of carbonyl (C=O) groups is 1. The number of hydrogen-bond donors (Lipinski definition) is 0. The van der Waals surface area contributed by atoms with Crippen LogP contribution in [0.15, 0.2) is 12.3 Å². The van der Waals surface area contributed by atoms with E-state index in [1.807, 2.05) is 0 Å². The van der Waals surface area contributed by atoms with Crippen molar-refractivity contribution in [3.8, 4) is 0 Å². The Bertz CT molecular complexity index is 388. The first-order valence-corrected chi connectivity index (χ1v) is 6.31. The molecule has 0 saturated heterocycles. The van der Waals surface area contributed by atoms with E-state index < -0.39 is 0 Å². The van der Waals surface area contributed by atoms with E-state index in [9.17, 15) is 4.79 Å². The fourth-order valence-electron chi connectivity index (χ4n) is 2.37. The van der Waals surface area contributed by atoms with Gasteiger partial charge in [0.15, 0.2) is 5.78 Å². The van der Waals surface area contributed by atoms with Crippen molar-refractivity contribution in [3.63, 3.8) is 0 Å². The van der Waals surface area contributed by atoms with Crippen LogP contribution in [0.25, 0.3) is 0 Å². The average Bonchev–Trinajstić information content (AvgIpc) is 2.72. The molecule has 0 aliphatic heterocycles. The highest BCUT2D eigenvalue weighted by atomic mass is 16.5. The molecule has 1 aliphatic rings. The van der Waals surface area contributed by atoms with Crippen molar-refractivity contribution >= 4 is 5.78 Å². The summed E-state index contributed by atoms with van der Waals surface area (Å²) >= 11 is 0. The SMILES string of the molecule is CCCn1nccc1C(=O)CC1(OC)CCC1. The third-order valence-electron chi connectivity index (χ3n) is 3.62. The summed E-state index contributed by atoms with van der Waals surface area (Å²) in [6.07, 6.45) is 6.32. The van der Waals surface area contributed by atoms with Gasteiger partial charge in [-0.1, -0.05) is 6.92 Å². The van der Waals surface area contributed by atoms with Gasteiger partial charge >= 0.3 is 0 Å². The Labute approximate surface area is 102 Å². The summed E-state index contributed by atoms with van der Waals surface area (Å²) < 4.78 is 7.29. The number of ketones is 1. The van der Waals surface area contributed by atoms with E-state index in [0.717, 1.165) is 37.9 Å². The topological polar surface area (TPSA) is 44.1 Å². The minimum Gasteiger partial charge on any atom is -0.378 e. The van der Waals surface area contributed by atoms with E-state index in [-0.39, 0.29) is 11.4 Å². The molecule has 0 atom stereocenters. The van der Waals surface area contributed by atoms with Gasteiger partial charge in [0.05, 0.1) is 5.60 Å². The van der Waals surface area contributed by atoms with Crippen LogP contribution in [-0.2, 0) is 11.3 Å². The van der Waals surface area contributed by atoms with Crippen molar-refractivity contribution in [1.29, 1.82) is 0 Å². The molecule has 1 aromatic rings. The van der Waals surface area contributed by atoms with E-state index in [4.69, 9.17) is 4.74 Å². The van der Waals surface area contributed by atoms with Gasteiger partial charge in [0.1, 0.15) is 5.69 Å². The van der Waals surface area contributed by atoms with Crippen LogP contribution in [0.5, 0.6) is 0 Å². The van der Waals surface area contributed by atoms with Gasteiger partial charge in [0.25, 0.3) is 0 Å². The molecule has 1 fully saturated rings. The molecule has 4 heteroatoms. The van der Waals surface area contributed by atoms with Gasteiger partial charge in [-0.05, 0) is 31.7 Å². The Morgan fingerprint density at radius 1 is 1.59 bits per heavy atom. The predicted octanol–water partition coefficient (Wildman–Crippen LogP) is 2.44. The number of nitrogens with zero attached hydrogens (tertiary/aromatic N) is 2. The zero-order chi connectivity index (χ0) is 12.3. The third kappa shape index (κ3) is 2.41. The second-order valence-corrected chi connectivity index (χ2v) is 4.78. The molecule has 4 nitrogen and oxygen atoms in total. The highest BCUT2D eigenvalue weighted by Crippen LogP contribution is 2.38. The van der Waals surface area contributed by atoms with E-state index in [1.165, 1.54) is 0 Å². The van der Waals surface area contributed by atoms with E-state index >= 15 is 0 Å².